The molecule has 0 aliphatic heterocycles. The Hall–Kier alpha value is -2.30. The van der Waals surface area contributed by atoms with Gasteiger partial charge in [0.25, 0.3) is 0 Å². The summed E-state index contributed by atoms with van der Waals surface area (Å²) in [5.41, 5.74) is 0.874. The molecule has 1 aliphatic rings. The summed E-state index contributed by atoms with van der Waals surface area (Å²) in [5.74, 6) is 0.0841. The standard InChI is InChI=1S/C14H12FN3O/c15-10-3-1-2-9(6-10)11-7-12(11)14(19)18-13-8-16-4-5-17-13/h1-6,8,11-12H,7H2,(H,17,18,19)/t11-,12-/m1/s1. The lowest BCUT2D eigenvalue weighted by Gasteiger charge is -2.03. The SMILES string of the molecule is O=C(Nc1cnccn1)[C@@H]1C[C@@H]1c1cccc(F)c1. The van der Waals surface area contributed by atoms with Gasteiger partial charge in [-0.25, -0.2) is 9.37 Å². The zero-order chi connectivity index (χ0) is 13.2. The van der Waals surface area contributed by atoms with Crippen LogP contribution in [0.4, 0.5) is 10.2 Å². The van der Waals surface area contributed by atoms with Gasteiger partial charge in [0.1, 0.15) is 5.82 Å². The number of aromatic nitrogens is 2. The summed E-state index contributed by atoms with van der Waals surface area (Å²) in [6.45, 7) is 0. The third kappa shape index (κ3) is 2.59. The topological polar surface area (TPSA) is 54.9 Å². The number of hydrogen-bond donors (Lipinski definition) is 1. The van der Waals surface area contributed by atoms with Gasteiger partial charge in [0.2, 0.25) is 5.91 Å². The molecule has 0 bridgehead atoms. The molecule has 0 radical (unpaired) electrons. The zero-order valence-corrected chi connectivity index (χ0v) is 10.1. The molecule has 1 fully saturated rings. The van der Waals surface area contributed by atoms with Crippen LogP contribution in [0.1, 0.15) is 17.9 Å². The number of halogens is 1. The van der Waals surface area contributed by atoms with E-state index < -0.39 is 0 Å². The first-order valence-electron chi connectivity index (χ1n) is 6.06. The minimum absolute atomic E-state index is 0.0882. The van der Waals surface area contributed by atoms with E-state index in [0.717, 1.165) is 12.0 Å². The molecule has 1 heterocycles. The fraction of sp³-hybridized carbons (Fsp3) is 0.214. The number of amides is 1. The third-order valence-electron chi connectivity index (χ3n) is 3.22. The smallest absolute Gasteiger partial charge is 0.229 e. The molecule has 96 valence electrons. The molecule has 3 rings (SSSR count). The molecule has 1 amide bonds. The Morgan fingerprint density at radius 3 is 3.00 bits per heavy atom. The summed E-state index contributed by atoms with van der Waals surface area (Å²) in [5, 5.41) is 2.71. The molecule has 1 N–H and O–H groups in total. The third-order valence-corrected chi connectivity index (χ3v) is 3.22. The number of rotatable bonds is 3. The summed E-state index contributed by atoms with van der Waals surface area (Å²) in [4.78, 5) is 19.8. The van der Waals surface area contributed by atoms with E-state index in [1.165, 1.54) is 24.5 Å². The van der Waals surface area contributed by atoms with E-state index in [1.54, 1.807) is 12.3 Å². The quantitative estimate of drug-likeness (QED) is 0.918. The molecule has 2 aromatic rings. The van der Waals surface area contributed by atoms with Gasteiger partial charge in [0.15, 0.2) is 5.82 Å². The highest BCUT2D eigenvalue weighted by Gasteiger charge is 2.44. The maximum absolute atomic E-state index is 13.1. The normalized spacial score (nSPS) is 20.9. The fourth-order valence-electron chi connectivity index (χ4n) is 2.17. The van der Waals surface area contributed by atoms with Crippen molar-refractivity contribution < 1.29 is 9.18 Å². The van der Waals surface area contributed by atoms with E-state index in [1.807, 2.05) is 6.07 Å². The van der Waals surface area contributed by atoms with Crippen LogP contribution in [-0.2, 0) is 4.79 Å². The Morgan fingerprint density at radius 2 is 2.26 bits per heavy atom. The number of nitrogens with zero attached hydrogens (tertiary/aromatic N) is 2. The molecule has 19 heavy (non-hydrogen) atoms. The van der Waals surface area contributed by atoms with Gasteiger partial charge in [-0.15, -0.1) is 0 Å². The Labute approximate surface area is 109 Å². The molecule has 1 aliphatic carbocycles. The number of carbonyl (C=O) groups is 1. The van der Waals surface area contributed by atoms with Crippen LogP contribution in [-0.4, -0.2) is 15.9 Å². The first-order valence-corrected chi connectivity index (χ1v) is 6.06. The van der Waals surface area contributed by atoms with Crippen LogP contribution < -0.4 is 5.32 Å². The number of benzene rings is 1. The summed E-state index contributed by atoms with van der Waals surface area (Å²) in [7, 11) is 0. The van der Waals surface area contributed by atoms with Gasteiger partial charge in [-0.2, -0.15) is 0 Å². The van der Waals surface area contributed by atoms with Crippen molar-refractivity contribution >= 4 is 11.7 Å². The van der Waals surface area contributed by atoms with Crippen molar-refractivity contribution in [2.24, 2.45) is 5.92 Å². The minimum atomic E-state index is -0.266. The maximum atomic E-state index is 13.1. The predicted octanol–water partition coefficient (Wildman–Crippen LogP) is 2.36. The van der Waals surface area contributed by atoms with Gasteiger partial charge < -0.3 is 5.32 Å². The Balaban J connectivity index is 1.65. The Morgan fingerprint density at radius 1 is 1.37 bits per heavy atom. The van der Waals surface area contributed by atoms with Crippen LogP contribution >= 0.6 is 0 Å². The van der Waals surface area contributed by atoms with E-state index in [0.29, 0.717) is 5.82 Å². The summed E-state index contributed by atoms with van der Waals surface area (Å²) in [6.07, 6.45) is 5.31. The van der Waals surface area contributed by atoms with E-state index in [4.69, 9.17) is 0 Å². The molecular weight excluding hydrogens is 245 g/mol. The molecule has 1 saturated carbocycles. The number of hydrogen-bond acceptors (Lipinski definition) is 3. The first kappa shape index (κ1) is 11.8. The minimum Gasteiger partial charge on any atom is -0.309 e. The highest BCUT2D eigenvalue weighted by Crippen LogP contribution is 2.47. The van der Waals surface area contributed by atoms with Crippen molar-refractivity contribution in [3.05, 3.63) is 54.2 Å². The van der Waals surface area contributed by atoms with E-state index in [9.17, 15) is 9.18 Å². The van der Waals surface area contributed by atoms with Crippen LogP contribution in [0.5, 0.6) is 0 Å². The number of carbonyl (C=O) groups excluding carboxylic acids is 1. The average Bonchev–Trinajstić information content (AvgIpc) is 3.20. The van der Waals surface area contributed by atoms with E-state index in [2.05, 4.69) is 15.3 Å². The molecular formula is C14H12FN3O. The summed E-state index contributed by atoms with van der Waals surface area (Å²) in [6, 6.07) is 6.41. The van der Waals surface area contributed by atoms with Crippen molar-refractivity contribution in [2.75, 3.05) is 5.32 Å². The summed E-state index contributed by atoms with van der Waals surface area (Å²) < 4.78 is 13.1. The van der Waals surface area contributed by atoms with Gasteiger partial charge in [-0.3, -0.25) is 9.78 Å². The molecule has 2 atom stereocenters. The molecule has 0 saturated heterocycles. The first-order chi connectivity index (χ1) is 9.24. The Kier molecular flexibility index (Phi) is 2.95. The number of anilines is 1. The molecule has 0 unspecified atom stereocenters. The predicted molar refractivity (Wildman–Crippen MR) is 67.9 cm³/mol. The van der Waals surface area contributed by atoms with Gasteiger partial charge in [0, 0.05) is 18.3 Å². The van der Waals surface area contributed by atoms with E-state index in [-0.39, 0.29) is 23.6 Å². The highest BCUT2D eigenvalue weighted by molar-refractivity contribution is 5.94. The van der Waals surface area contributed by atoms with E-state index >= 15 is 0 Å². The average molecular weight is 257 g/mol. The lowest BCUT2D eigenvalue weighted by atomic mass is 10.1. The van der Waals surface area contributed by atoms with Crippen molar-refractivity contribution in [3.8, 4) is 0 Å². The van der Waals surface area contributed by atoms with Gasteiger partial charge in [-0.05, 0) is 30.0 Å². The summed E-state index contributed by atoms with van der Waals surface area (Å²) >= 11 is 0. The van der Waals surface area contributed by atoms with Gasteiger partial charge in [-0.1, -0.05) is 12.1 Å². The molecule has 1 aromatic carbocycles. The second-order valence-electron chi connectivity index (χ2n) is 4.58. The highest BCUT2D eigenvalue weighted by atomic mass is 19.1. The second kappa shape index (κ2) is 4.76. The van der Waals surface area contributed by atoms with Crippen molar-refractivity contribution in [1.29, 1.82) is 0 Å². The lowest BCUT2D eigenvalue weighted by Crippen LogP contribution is -2.15. The maximum Gasteiger partial charge on any atom is 0.229 e. The van der Waals surface area contributed by atoms with Crippen molar-refractivity contribution in [1.82, 2.24) is 9.97 Å². The molecule has 1 aromatic heterocycles. The Bertz CT molecular complexity index is 603. The van der Waals surface area contributed by atoms with Crippen molar-refractivity contribution in [3.63, 3.8) is 0 Å². The number of nitrogens with one attached hydrogen (secondary N) is 1. The lowest BCUT2D eigenvalue weighted by molar-refractivity contribution is -0.117. The van der Waals surface area contributed by atoms with Crippen LogP contribution in [0.2, 0.25) is 0 Å². The van der Waals surface area contributed by atoms with Gasteiger partial charge in [0.05, 0.1) is 6.20 Å². The van der Waals surface area contributed by atoms with Crippen LogP contribution in [0.3, 0.4) is 0 Å². The molecule has 4 nitrogen and oxygen atoms in total. The largest absolute Gasteiger partial charge is 0.309 e. The van der Waals surface area contributed by atoms with Crippen LogP contribution in [0.25, 0.3) is 0 Å². The fourth-order valence-corrected chi connectivity index (χ4v) is 2.17. The monoisotopic (exact) mass is 257 g/mol. The van der Waals surface area contributed by atoms with Gasteiger partial charge >= 0.3 is 0 Å². The van der Waals surface area contributed by atoms with Crippen molar-refractivity contribution in [2.45, 2.75) is 12.3 Å². The van der Waals surface area contributed by atoms with Crippen LogP contribution in [0, 0.1) is 11.7 Å². The second-order valence-corrected chi connectivity index (χ2v) is 4.58. The molecule has 5 heteroatoms. The van der Waals surface area contributed by atoms with Crippen LogP contribution in [0.15, 0.2) is 42.9 Å². The molecule has 0 spiro atoms. The zero-order valence-electron chi connectivity index (χ0n) is 10.1.